The van der Waals surface area contributed by atoms with E-state index in [0.29, 0.717) is 24.3 Å². The van der Waals surface area contributed by atoms with E-state index in [0.717, 1.165) is 41.9 Å². The second-order valence-electron chi connectivity index (χ2n) is 7.58. The third kappa shape index (κ3) is 3.54. The van der Waals surface area contributed by atoms with E-state index in [1.807, 2.05) is 28.8 Å². The van der Waals surface area contributed by atoms with Gasteiger partial charge >= 0.3 is 5.69 Å². The average Bonchev–Trinajstić information content (AvgIpc) is 3.28. The van der Waals surface area contributed by atoms with E-state index in [2.05, 4.69) is 32.7 Å². The molecule has 0 unspecified atom stereocenters. The number of anilines is 2. The number of hydrogen-bond donors (Lipinski definition) is 0. The fourth-order valence-electron chi connectivity index (χ4n) is 4.01. The van der Waals surface area contributed by atoms with Gasteiger partial charge in [-0.05, 0) is 30.7 Å². The quantitative estimate of drug-likeness (QED) is 0.504. The van der Waals surface area contributed by atoms with E-state index in [1.165, 1.54) is 22.0 Å². The highest BCUT2D eigenvalue weighted by Crippen LogP contribution is 2.32. The molecule has 4 rings (SSSR count). The van der Waals surface area contributed by atoms with Crippen molar-refractivity contribution in [2.24, 2.45) is 7.05 Å². The van der Waals surface area contributed by atoms with Crippen LogP contribution in [-0.4, -0.2) is 25.2 Å². The number of fused-ring (bicyclic) bond motifs is 3. The van der Waals surface area contributed by atoms with Gasteiger partial charge in [0, 0.05) is 36.8 Å². The summed E-state index contributed by atoms with van der Waals surface area (Å²) in [5, 5.41) is 0. The van der Waals surface area contributed by atoms with Gasteiger partial charge in [-0.3, -0.25) is 13.9 Å². The molecule has 8 heteroatoms. The number of benzene rings is 1. The van der Waals surface area contributed by atoms with Gasteiger partial charge < -0.3 is 9.47 Å². The number of hydrogen-bond acceptors (Lipinski definition) is 4. The van der Waals surface area contributed by atoms with Crippen LogP contribution in [0.15, 0.2) is 38.3 Å². The van der Waals surface area contributed by atoms with Gasteiger partial charge in [0.05, 0.1) is 0 Å². The zero-order valence-electron chi connectivity index (χ0n) is 16.9. The average molecular weight is 460 g/mol. The molecule has 0 amide bonds. The van der Waals surface area contributed by atoms with Crippen LogP contribution >= 0.6 is 15.9 Å². The second-order valence-corrected chi connectivity index (χ2v) is 8.49. The predicted molar refractivity (Wildman–Crippen MR) is 119 cm³/mol. The number of aromatic nitrogens is 4. The number of unbranched alkanes of at least 4 members (excludes halogenated alkanes) is 4. The number of halogens is 1. The van der Waals surface area contributed by atoms with Gasteiger partial charge in [-0.2, -0.15) is 4.98 Å². The summed E-state index contributed by atoms with van der Waals surface area (Å²) in [4.78, 5) is 32.8. The minimum atomic E-state index is -0.287. The van der Waals surface area contributed by atoms with Crippen LogP contribution in [0.2, 0.25) is 0 Å². The fraction of sp³-hybridized carbons (Fsp3) is 0.476. The molecule has 1 aromatic carbocycles. The highest BCUT2D eigenvalue weighted by atomic mass is 79.9. The lowest BCUT2D eigenvalue weighted by atomic mass is 10.1. The molecule has 7 nitrogen and oxygen atoms in total. The highest BCUT2D eigenvalue weighted by Gasteiger charge is 2.28. The molecule has 0 bridgehead atoms. The van der Waals surface area contributed by atoms with Gasteiger partial charge in [0.15, 0.2) is 11.2 Å². The molecular weight excluding hydrogens is 434 g/mol. The van der Waals surface area contributed by atoms with Crippen LogP contribution < -0.4 is 16.1 Å². The van der Waals surface area contributed by atoms with Crippen molar-refractivity contribution in [3.05, 3.63) is 49.6 Å². The summed E-state index contributed by atoms with van der Waals surface area (Å²) in [7, 11) is 1.70. The maximum atomic E-state index is 13.2. The van der Waals surface area contributed by atoms with E-state index in [-0.39, 0.29) is 11.2 Å². The van der Waals surface area contributed by atoms with Crippen molar-refractivity contribution in [3.8, 4) is 0 Å². The summed E-state index contributed by atoms with van der Waals surface area (Å²) in [6.45, 7) is 4.05. The highest BCUT2D eigenvalue weighted by molar-refractivity contribution is 9.10. The first-order valence-electron chi connectivity index (χ1n) is 10.3. The van der Waals surface area contributed by atoms with Crippen LogP contribution in [0, 0.1) is 0 Å². The maximum absolute atomic E-state index is 13.2. The van der Waals surface area contributed by atoms with Gasteiger partial charge in [0.1, 0.15) is 0 Å². The number of rotatable bonds is 7. The van der Waals surface area contributed by atoms with Crippen molar-refractivity contribution < 1.29 is 0 Å². The fourth-order valence-corrected chi connectivity index (χ4v) is 4.28. The first kappa shape index (κ1) is 19.9. The molecule has 1 aliphatic heterocycles. The van der Waals surface area contributed by atoms with Crippen LogP contribution in [0.5, 0.6) is 0 Å². The van der Waals surface area contributed by atoms with Crippen molar-refractivity contribution in [1.29, 1.82) is 0 Å². The molecular formula is C21H26BrN5O2. The molecule has 0 saturated carbocycles. The van der Waals surface area contributed by atoms with Crippen LogP contribution in [0.25, 0.3) is 11.2 Å². The van der Waals surface area contributed by atoms with Crippen LogP contribution in [0.3, 0.4) is 0 Å². The molecule has 0 fully saturated rings. The van der Waals surface area contributed by atoms with E-state index in [4.69, 9.17) is 0 Å². The number of aryl methyl sites for hydroxylation is 1. The Kier molecular flexibility index (Phi) is 5.63. The second kappa shape index (κ2) is 8.18. The zero-order chi connectivity index (χ0) is 20.5. The molecule has 3 heterocycles. The number of imidazole rings is 1. The van der Waals surface area contributed by atoms with Crippen LogP contribution in [0.1, 0.15) is 39.0 Å². The molecule has 154 valence electrons. The largest absolute Gasteiger partial charge is 0.332 e. The lowest BCUT2D eigenvalue weighted by Gasteiger charge is -2.15. The topological polar surface area (TPSA) is 65.1 Å². The van der Waals surface area contributed by atoms with Crippen molar-refractivity contribution >= 4 is 38.7 Å². The Bertz CT molecular complexity index is 1140. The molecule has 29 heavy (non-hydrogen) atoms. The van der Waals surface area contributed by atoms with Crippen molar-refractivity contribution in [2.45, 2.75) is 52.1 Å². The summed E-state index contributed by atoms with van der Waals surface area (Å²) < 4.78 is 5.85. The predicted octanol–water partition coefficient (Wildman–Crippen LogP) is 3.78. The third-order valence-corrected chi connectivity index (χ3v) is 6.15. The minimum absolute atomic E-state index is 0.227. The number of nitrogens with zero attached hydrogens (tertiary/aromatic N) is 5. The molecule has 1 aliphatic rings. The van der Waals surface area contributed by atoms with Crippen LogP contribution in [0.4, 0.5) is 11.6 Å². The molecule has 2 aromatic heterocycles. The molecule has 0 spiro atoms. The van der Waals surface area contributed by atoms with Crippen molar-refractivity contribution in [2.75, 3.05) is 11.4 Å². The summed E-state index contributed by atoms with van der Waals surface area (Å²) in [6, 6.07) is 8.02. The third-order valence-electron chi connectivity index (χ3n) is 5.62. The maximum Gasteiger partial charge on any atom is 0.332 e. The molecule has 0 radical (unpaired) electrons. The molecule has 0 atom stereocenters. The zero-order valence-corrected chi connectivity index (χ0v) is 18.5. The van der Waals surface area contributed by atoms with Gasteiger partial charge in [0.25, 0.3) is 5.56 Å². The van der Waals surface area contributed by atoms with E-state index >= 15 is 0 Å². The van der Waals surface area contributed by atoms with E-state index in [1.54, 1.807) is 7.05 Å². The molecule has 0 aliphatic carbocycles. The smallest absolute Gasteiger partial charge is 0.310 e. The summed E-state index contributed by atoms with van der Waals surface area (Å²) in [6.07, 6.45) is 5.37. The lowest BCUT2D eigenvalue weighted by molar-refractivity contribution is 0.531. The summed E-state index contributed by atoms with van der Waals surface area (Å²) in [5.41, 5.74) is 1.48. The Morgan fingerprint density at radius 1 is 1.03 bits per heavy atom. The van der Waals surface area contributed by atoms with Gasteiger partial charge in [-0.15, -0.1) is 0 Å². The van der Waals surface area contributed by atoms with Crippen molar-refractivity contribution in [3.63, 3.8) is 0 Å². The first-order valence-corrected chi connectivity index (χ1v) is 11.1. The lowest BCUT2D eigenvalue weighted by Crippen LogP contribution is -2.39. The normalized spacial score (nSPS) is 13.4. The van der Waals surface area contributed by atoms with Crippen molar-refractivity contribution in [1.82, 2.24) is 18.7 Å². The Morgan fingerprint density at radius 3 is 2.48 bits per heavy atom. The first-order chi connectivity index (χ1) is 14.0. The molecule has 0 N–H and O–H groups in total. The van der Waals surface area contributed by atoms with Gasteiger partial charge in [-0.1, -0.05) is 48.5 Å². The standard InChI is InChI=1S/C21H26BrN5O2/c1-3-4-5-6-7-12-27-19(28)17-18(24(2)21(27)29)23-20-25(13-14-26(17)20)16-10-8-15(22)9-11-16/h8-11H,3-7,12-14H2,1-2H3. The molecule has 0 saturated heterocycles. The Hall–Kier alpha value is -2.35. The molecule has 3 aromatic rings. The van der Waals surface area contributed by atoms with E-state index in [9.17, 15) is 9.59 Å². The minimum Gasteiger partial charge on any atom is -0.310 e. The van der Waals surface area contributed by atoms with Crippen LogP contribution in [-0.2, 0) is 20.1 Å². The Labute approximate surface area is 177 Å². The monoisotopic (exact) mass is 459 g/mol. The van der Waals surface area contributed by atoms with Gasteiger partial charge in [0.2, 0.25) is 5.95 Å². The Balaban J connectivity index is 1.73. The summed E-state index contributed by atoms with van der Waals surface area (Å²) in [5.74, 6) is 0.718. The summed E-state index contributed by atoms with van der Waals surface area (Å²) >= 11 is 3.46. The van der Waals surface area contributed by atoms with E-state index < -0.39 is 0 Å². The SMILES string of the molecule is CCCCCCCn1c(=O)c2c(nc3n2CCN3c2ccc(Br)cc2)n(C)c1=O. The Morgan fingerprint density at radius 2 is 1.76 bits per heavy atom. The van der Waals surface area contributed by atoms with Gasteiger partial charge in [-0.25, -0.2) is 4.79 Å².